The Morgan fingerprint density at radius 2 is 0.824 bits per heavy atom. The van der Waals surface area contributed by atoms with Crippen LogP contribution in [0.25, 0.3) is 0 Å². The number of hydrogen-bond acceptors (Lipinski definition) is 6. The molecule has 2 aromatic rings. The van der Waals surface area contributed by atoms with E-state index in [1.165, 1.54) is 48.6 Å². The van der Waals surface area contributed by atoms with Crippen LogP contribution in [-0.4, -0.2) is 35.4 Å². The van der Waals surface area contributed by atoms with Crippen LogP contribution in [0.5, 0.6) is 0 Å². The predicted molar refractivity (Wildman–Crippen MR) is 123 cm³/mol. The second kappa shape index (κ2) is 9.33. The van der Waals surface area contributed by atoms with Crippen molar-refractivity contribution in [3.05, 3.63) is 72.8 Å². The normalized spacial score (nSPS) is 14.8. The molecule has 2 heterocycles. The van der Waals surface area contributed by atoms with Crippen molar-refractivity contribution in [1.29, 1.82) is 0 Å². The van der Waals surface area contributed by atoms with Crippen LogP contribution in [0.4, 0.5) is 22.7 Å². The maximum Gasteiger partial charge on any atom is 0.258 e. The Balaban J connectivity index is 1.24. The van der Waals surface area contributed by atoms with Gasteiger partial charge in [0.25, 0.3) is 23.6 Å². The van der Waals surface area contributed by atoms with Crippen molar-refractivity contribution < 1.29 is 28.8 Å². The van der Waals surface area contributed by atoms with Crippen LogP contribution in [0.1, 0.15) is 12.8 Å². The van der Waals surface area contributed by atoms with Gasteiger partial charge in [-0.15, -0.1) is 0 Å². The summed E-state index contributed by atoms with van der Waals surface area (Å²) in [5, 5.41) is 5.30. The minimum atomic E-state index is -0.433. The summed E-state index contributed by atoms with van der Waals surface area (Å²) in [5.41, 5.74) is 1.69. The summed E-state index contributed by atoms with van der Waals surface area (Å²) in [6.45, 7) is 0. The highest BCUT2D eigenvalue weighted by Crippen LogP contribution is 2.23. The average Bonchev–Trinajstić information content (AvgIpc) is 3.33. The van der Waals surface area contributed by atoms with Crippen molar-refractivity contribution in [3.8, 4) is 0 Å². The van der Waals surface area contributed by atoms with Gasteiger partial charge in [-0.1, -0.05) is 0 Å². The third kappa shape index (κ3) is 4.80. The first-order chi connectivity index (χ1) is 16.3. The largest absolute Gasteiger partial charge is 0.326 e. The minimum absolute atomic E-state index is 0.0683. The minimum Gasteiger partial charge on any atom is -0.326 e. The quantitative estimate of drug-likeness (QED) is 0.609. The SMILES string of the molecule is O=C(CCC(=O)Nc1ccc(N2C(=O)C=CC2=O)cc1)Nc1ccc(N2C(=O)C=CC2=O)cc1. The van der Waals surface area contributed by atoms with Gasteiger partial charge >= 0.3 is 0 Å². The van der Waals surface area contributed by atoms with Crippen LogP contribution in [0.15, 0.2) is 72.8 Å². The molecule has 6 amide bonds. The molecular formula is C24H18N4O6. The van der Waals surface area contributed by atoms with Gasteiger partial charge in [0.1, 0.15) is 0 Å². The molecule has 2 aliphatic rings. The first-order valence-electron chi connectivity index (χ1n) is 10.2. The van der Waals surface area contributed by atoms with Crippen molar-refractivity contribution in [1.82, 2.24) is 0 Å². The summed E-state index contributed by atoms with van der Waals surface area (Å²) >= 11 is 0. The summed E-state index contributed by atoms with van der Waals surface area (Å²) in [5.74, 6) is -2.50. The third-order valence-electron chi connectivity index (χ3n) is 5.02. The van der Waals surface area contributed by atoms with E-state index in [-0.39, 0.29) is 24.7 Å². The van der Waals surface area contributed by atoms with E-state index in [1.807, 2.05) is 0 Å². The Morgan fingerprint density at radius 3 is 1.12 bits per heavy atom. The van der Waals surface area contributed by atoms with Gasteiger partial charge in [0.15, 0.2) is 0 Å². The fraction of sp³-hybridized carbons (Fsp3) is 0.0833. The molecule has 0 unspecified atom stereocenters. The summed E-state index contributed by atoms with van der Waals surface area (Å²) in [4.78, 5) is 73.2. The number of anilines is 4. The zero-order chi connectivity index (χ0) is 24.2. The molecule has 0 spiro atoms. The van der Waals surface area contributed by atoms with E-state index in [1.54, 1.807) is 24.3 Å². The van der Waals surface area contributed by atoms with Gasteiger partial charge in [-0.2, -0.15) is 0 Å². The molecule has 0 radical (unpaired) electrons. The molecule has 10 heteroatoms. The van der Waals surface area contributed by atoms with Crippen LogP contribution >= 0.6 is 0 Å². The number of rotatable bonds is 7. The number of carbonyl (C=O) groups is 6. The van der Waals surface area contributed by atoms with E-state index < -0.39 is 23.6 Å². The first kappa shape index (κ1) is 22.3. The maximum absolute atomic E-state index is 12.2. The molecule has 0 aliphatic carbocycles. The van der Waals surface area contributed by atoms with Crippen LogP contribution < -0.4 is 20.4 Å². The van der Waals surface area contributed by atoms with Crippen LogP contribution in [0, 0.1) is 0 Å². The fourth-order valence-electron chi connectivity index (χ4n) is 3.37. The molecule has 170 valence electrons. The maximum atomic E-state index is 12.2. The van der Waals surface area contributed by atoms with Gasteiger partial charge in [-0.25, -0.2) is 9.80 Å². The van der Waals surface area contributed by atoms with E-state index in [9.17, 15) is 28.8 Å². The molecule has 0 aromatic heterocycles. The van der Waals surface area contributed by atoms with Crippen molar-refractivity contribution in [2.45, 2.75) is 12.8 Å². The molecular weight excluding hydrogens is 440 g/mol. The molecule has 2 N–H and O–H groups in total. The number of benzene rings is 2. The number of amides is 6. The van der Waals surface area contributed by atoms with Gasteiger partial charge in [-0.05, 0) is 48.5 Å². The Morgan fingerprint density at radius 1 is 0.529 bits per heavy atom. The standard InChI is InChI=1S/C24H18N4O6/c29-19(25-15-1-5-17(6-2-15)27-21(31)11-12-22(27)32)9-10-20(30)26-16-3-7-18(8-4-16)28-23(33)13-14-24(28)34/h1-8,11-14H,9-10H2,(H,25,29)(H,26,30). The van der Waals surface area contributed by atoms with Crippen molar-refractivity contribution in [2.75, 3.05) is 20.4 Å². The number of carbonyl (C=O) groups excluding carboxylic acids is 6. The molecule has 4 rings (SSSR count). The lowest BCUT2D eigenvalue weighted by molar-refractivity contribution is -0.121. The van der Waals surface area contributed by atoms with Gasteiger partial charge in [0, 0.05) is 48.5 Å². The van der Waals surface area contributed by atoms with E-state index in [0.717, 1.165) is 9.80 Å². The number of nitrogens with one attached hydrogen (secondary N) is 2. The molecule has 0 atom stereocenters. The lowest BCUT2D eigenvalue weighted by Gasteiger charge is -2.14. The zero-order valence-electron chi connectivity index (χ0n) is 17.7. The molecule has 2 aromatic carbocycles. The zero-order valence-corrected chi connectivity index (χ0v) is 17.7. The van der Waals surface area contributed by atoms with E-state index in [4.69, 9.17) is 0 Å². The van der Waals surface area contributed by atoms with E-state index in [2.05, 4.69) is 10.6 Å². The highest BCUT2D eigenvalue weighted by molar-refractivity contribution is 6.28. The first-order valence-corrected chi connectivity index (χ1v) is 10.2. The predicted octanol–water partition coefficient (Wildman–Crippen LogP) is 1.90. The summed E-state index contributed by atoms with van der Waals surface area (Å²) in [6, 6.07) is 12.4. The van der Waals surface area contributed by atoms with Crippen molar-refractivity contribution >= 4 is 58.2 Å². The second-order valence-corrected chi connectivity index (χ2v) is 7.38. The lowest BCUT2D eigenvalue weighted by atomic mass is 10.2. The van der Waals surface area contributed by atoms with Gasteiger partial charge in [0.05, 0.1) is 11.4 Å². The Kier molecular flexibility index (Phi) is 6.13. The molecule has 2 aliphatic heterocycles. The van der Waals surface area contributed by atoms with E-state index in [0.29, 0.717) is 22.7 Å². The smallest absolute Gasteiger partial charge is 0.258 e. The van der Waals surface area contributed by atoms with Gasteiger partial charge in [-0.3, -0.25) is 28.8 Å². The van der Waals surface area contributed by atoms with Crippen LogP contribution in [0.3, 0.4) is 0 Å². The van der Waals surface area contributed by atoms with Gasteiger partial charge < -0.3 is 10.6 Å². The third-order valence-corrected chi connectivity index (χ3v) is 5.02. The Labute approximate surface area is 193 Å². The molecule has 34 heavy (non-hydrogen) atoms. The van der Waals surface area contributed by atoms with Crippen LogP contribution in [-0.2, 0) is 28.8 Å². The lowest BCUT2D eigenvalue weighted by Crippen LogP contribution is -2.29. The summed E-state index contributed by atoms with van der Waals surface area (Å²) in [6.07, 6.45) is 4.60. The second-order valence-electron chi connectivity index (χ2n) is 7.38. The topological polar surface area (TPSA) is 133 Å². The molecule has 0 saturated heterocycles. The Hall–Kier alpha value is -4.86. The number of hydrogen-bond donors (Lipinski definition) is 2. The molecule has 0 fully saturated rings. The van der Waals surface area contributed by atoms with Crippen molar-refractivity contribution in [3.63, 3.8) is 0 Å². The van der Waals surface area contributed by atoms with E-state index >= 15 is 0 Å². The fourth-order valence-corrected chi connectivity index (χ4v) is 3.37. The number of nitrogens with zero attached hydrogens (tertiary/aromatic N) is 2. The highest BCUT2D eigenvalue weighted by atomic mass is 16.2. The van der Waals surface area contributed by atoms with Crippen molar-refractivity contribution in [2.24, 2.45) is 0 Å². The summed E-state index contributed by atoms with van der Waals surface area (Å²) in [7, 11) is 0. The Bertz CT molecular complexity index is 1130. The molecule has 10 nitrogen and oxygen atoms in total. The molecule has 0 bridgehead atoms. The molecule has 0 saturated carbocycles. The number of imide groups is 2. The monoisotopic (exact) mass is 458 g/mol. The highest BCUT2D eigenvalue weighted by Gasteiger charge is 2.25. The van der Waals surface area contributed by atoms with Crippen LogP contribution in [0.2, 0.25) is 0 Å². The summed E-state index contributed by atoms with van der Waals surface area (Å²) < 4.78 is 0. The average molecular weight is 458 g/mol. The van der Waals surface area contributed by atoms with Gasteiger partial charge in [0.2, 0.25) is 11.8 Å².